The molecule has 2 atom stereocenters. The maximum absolute atomic E-state index is 13.2. The molecule has 3 aliphatic rings. The fourth-order valence-electron chi connectivity index (χ4n) is 4.82. The SMILES string of the molecule is COc1ccc(C2CCCN2C(=O)C2CC23CCNCC3)c(OC)c1.Cl. The summed E-state index contributed by atoms with van der Waals surface area (Å²) in [4.78, 5) is 15.3. The van der Waals surface area contributed by atoms with E-state index in [-0.39, 0.29) is 24.4 Å². The summed E-state index contributed by atoms with van der Waals surface area (Å²) >= 11 is 0. The number of benzene rings is 1. The highest BCUT2D eigenvalue weighted by Crippen LogP contribution is 2.60. The van der Waals surface area contributed by atoms with Crippen molar-refractivity contribution < 1.29 is 14.3 Å². The second-order valence-electron chi connectivity index (χ2n) is 7.67. The van der Waals surface area contributed by atoms with Crippen molar-refractivity contribution in [2.24, 2.45) is 11.3 Å². The Morgan fingerprint density at radius 1 is 1.23 bits per heavy atom. The molecule has 1 aromatic carbocycles. The predicted molar refractivity (Wildman–Crippen MR) is 103 cm³/mol. The summed E-state index contributed by atoms with van der Waals surface area (Å²) in [6, 6.07) is 6.07. The first kappa shape index (κ1) is 19.3. The zero-order valence-electron chi connectivity index (χ0n) is 15.6. The van der Waals surface area contributed by atoms with Gasteiger partial charge in [-0.25, -0.2) is 0 Å². The van der Waals surface area contributed by atoms with Crippen molar-refractivity contribution in [1.82, 2.24) is 10.2 Å². The van der Waals surface area contributed by atoms with Crippen LogP contribution in [0.2, 0.25) is 0 Å². The van der Waals surface area contributed by atoms with Gasteiger partial charge in [0.05, 0.1) is 20.3 Å². The van der Waals surface area contributed by atoms with Gasteiger partial charge in [-0.3, -0.25) is 4.79 Å². The number of piperidine rings is 1. The first-order valence-electron chi connectivity index (χ1n) is 9.42. The standard InChI is InChI=1S/C20H28N2O3.ClH/c1-24-14-5-6-15(18(12-14)25-2)17-4-3-11-22(17)19(23)16-13-20(16)7-9-21-10-8-20;/h5-6,12,16-17,21H,3-4,7-11,13H2,1-2H3;1H. The Morgan fingerprint density at radius 3 is 2.69 bits per heavy atom. The molecule has 0 radical (unpaired) electrons. The molecule has 1 saturated carbocycles. The molecule has 0 aromatic heterocycles. The van der Waals surface area contributed by atoms with Crippen LogP contribution in [0, 0.1) is 11.3 Å². The number of halogens is 1. The van der Waals surface area contributed by atoms with E-state index >= 15 is 0 Å². The smallest absolute Gasteiger partial charge is 0.226 e. The molecule has 6 heteroatoms. The van der Waals surface area contributed by atoms with Crippen LogP contribution in [0.4, 0.5) is 0 Å². The van der Waals surface area contributed by atoms with Crippen LogP contribution in [0.15, 0.2) is 18.2 Å². The van der Waals surface area contributed by atoms with E-state index < -0.39 is 0 Å². The summed E-state index contributed by atoms with van der Waals surface area (Å²) in [5, 5.41) is 3.42. The Hall–Kier alpha value is -1.46. The molecule has 3 fully saturated rings. The first-order valence-corrected chi connectivity index (χ1v) is 9.42. The highest BCUT2D eigenvalue weighted by atomic mass is 35.5. The largest absolute Gasteiger partial charge is 0.497 e. The number of ether oxygens (including phenoxy) is 2. The maximum atomic E-state index is 13.2. The van der Waals surface area contributed by atoms with Crippen molar-refractivity contribution in [2.45, 2.75) is 38.1 Å². The molecule has 1 amide bonds. The van der Waals surface area contributed by atoms with Gasteiger partial charge in [0.15, 0.2) is 0 Å². The molecular weight excluding hydrogens is 352 g/mol. The lowest BCUT2D eigenvalue weighted by atomic mass is 9.91. The third kappa shape index (κ3) is 3.27. The normalized spacial score (nSPS) is 26.3. The van der Waals surface area contributed by atoms with E-state index in [1.807, 2.05) is 12.1 Å². The quantitative estimate of drug-likeness (QED) is 0.871. The van der Waals surface area contributed by atoms with Gasteiger partial charge in [-0.1, -0.05) is 0 Å². The molecule has 1 aromatic rings. The second kappa shape index (κ2) is 7.65. The molecule has 2 heterocycles. The van der Waals surface area contributed by atoms with Gasteiger partial charge in [-0.2, -0.15) is 0 Å². The maximum Gasteiger partial charge on any atom is 0.226 e. The number of methoxy groups -OCH3 is 2. The molecule has 2 saturated heterocycles. The number of carbonyl (C=O) groups excluding carboxylic acids is 1. The lowest BCUT2D eigenvalue weighted by molar-refractivity contribution is -0.134. The van der Waals surface area contributed by atoms with E-state index in [0.29, 0.717) is 11.3 Å². The lowest BCUT2D eigenvalue weighted by Gasteiger charge is -2.29. The van der Waals surface area contributed by atoms with Gasteiger partial charge >= 0.3 is 0 Å². The first-order chi connectivity index (χ1) is 12.2. The van der Waals surface area contributed by atoms with Crippen LogP contribution in [0.25, 0.3) is 0 Å². The van der Waals surface area contributed by atoms with E-state index in [1.165, 1.54) is 0 Å². The van der Waals surface area contributed by atoms with Crippen LogP contribution >= 0.6 is 12.4 Å². The van der Waals surface area contributed by atoms with Crippen LogP contribution in [0.5, 0.6) is 11.5 Å². The van der Waals surface area contributed by atoms with Gasteiger partial charge in [0.1, 0.15) is 11.5 Å². The van der Waals surface area contributed by atoms with Crippen molar-refractivity contribution in [3.63, 3.8) is 0 Å². The van der Waals surface area contributed by atoms with Crippen LogP contribution < -0.4 is 14.8 Å². The van der Waals surface area contributed by atoms with E-state index in [2.05, 4.69) is 16.3 Å². The van der Waals surface area contributed by atoms with Gasteiger partial charge in [0, 0.05) is 24.1 Å². The molecule has 4 rings (SSSR count). The summed E-state index contributed by atoms with van der Waals surface area (Å²) in [7, 11) is 3.34. The van der Waals surface area contributed by atoms with E-state index in [1.54, 1.807) is 14.2 Å². The number of nitrogens with zero attached hydrogens (tertiary/aromatic N) is 1. The third-order valence-corrected chi connectivity index (χ3v) is 6.42. The minimum Gasteiger partial charge on any atom is -0.497 e. The molecular formula is C20H29ClN2O3. The summed E-state index contributed by atoms with van der Waals surface area (Å²) < 4.78 is 10.9. The Balaban J connectivity index is 0.00000196. The summed E-state index contributed by atoms with van der Waals surface area (Å²) in [5.74, 6) is 2.20. The zero-order chi connectivity index (χ0) is 17.4. The molecule has 26 heavy (non-hydrogen) atoms. The molecule has 1 N–H and O–H groups in total. The monoisotopic (exact) mass is 380 g/mol. The van der Waals surface area contributed by atoms with Gasteiger partial charge in [-0.05, 0) is 62.7 Å². The number of likely N-dealkylation sites (tertiary alicyclic amines) is 1. The Morgan fingerprint density at radius 2 is 2.00 bits per heavy atom. The number of rotatable bonds is 4. The Kier molecular flexibility index (Phi) is 5.68. The van der Waals surface area contributed by atoms with Crippen molar-refractivity contribution in [2.75, 3.05) is 33.9 Å². The number of hydrogen-bond acceptors (Lipinski definition) is 4. The molecule has 2 unspecified atom stereocenters. The van der Waals surface area contributed by atoms with Crippen molar-refractivity contribution >= 4 is 18.3 Å². The Bertz CT molecular complexity index is 660. The third-order valence-electron chi connectivity index (χ3n) is 6.42. The average molecular weight is 381 g/mol. The minimum atomic E-state index is 0. The molecule has 144 valence electrons. The zero-order valence-corrected chi connectivity index (χ0v) is 16.4. The lowest BCUT2D eigenvalue weighted by Crippen LogP contribution is -2.36. The average Bonchev–Trinajstić information content (AvgIpc) is 3.12. The van der Waals surface area contributed by atoms with Gasteiger partial charge in [0.2, 0.25) is 5.91 Å². The van der Waals surface area contributed by atoms with Crippen molar-refractivity contribution in [3.05, 3.63) is 23.8 Å². The molecule has 5 nitrogen and oxygen atoms in total. The summed E-state index contributed by atoms with van der Waals surface area (Å²) in [6.07, 6.45) is 5.45. The number of hydrogen-bond donors (Lipinski definition) is 1. The number of nitrogens with one attached hydrogen (secondary N) is 1. The van der Waals surface area contributed by atoms with Crippen molar-refractivity contribution in [1.29, 1.82) is 0 Å². The van der Waals surface area contributed by atoms with Gasteiger partial charge < -0.3 is 19.7 Å². The molecule has 1 aliphatic carbocycles. The fourth-order valence-corrected chi connectivity index (χ4v) is 4.82. The van der Waals surface area contributed by atoms with Crippen LogP contribution in [-0.2, 0) is 4.79 Å². The van der Waals surface area contributed by atoms with Gasteiger partial charge in [-0.15, -0.1) is 12.4 Å². The van der Waals surface area contributed by atoms with Crippen molar-refractivity contribution in [3.8, 4) is 11.5 Å². The van der Waals surface area contributed by atoms with E-state index in [4.69, 9.17) is 9.47 Å². The second-order valence-corrected chi connectivity index (χ2v) is 7.67. The summed E-state index contributed by atoms with van der Waals surface area (Å²) in [6.45, 7) is 2.97. The van der Waals surface area contributed by atoms with Crippen LogP contribution in [0.3, 0.4) is 0 Å². The predicted octanol–water partition coefficient (Wildman–Crippen LogP) is 3.18. The fraction of sp³-hybridized carbons (Fsp3) is 0.650. The summed E-state index contributed by atoms with van der Waals surface area (Å²) in [5.41, 5.74) is 1.40. The molecule has 2 aliphatic heterocycles. The minimum absolute atomic E-state index is 0. The van der Waals surface area contributed by atoms with E-state index in [9.17, 15) is 4.79 Å². The molecule has 1 spiro atoms. The highest BCUT2D eigenvalue weighted by Gasteiger charge is 2.59. The number of carbonyl (C=O) groups is 1. The highest BCUT2D eigenvalue weighted by molar-refractivity contribution is 5.85. The topological polar surface area (TPSA) is 50.8 Å². The van der Waals surface area contributed by atoms with Gasteiger partial charge in [0.25, 0.3) is 0 Å². The van der Waals surface area contributed by atoms with Crippen LogP contribution in [-0.4, -0.2) is 44.7 Å². The number of amides is 1. The van der Waals surface area contributed by atoms with Crippen LogP contribution in [0.1, 0.15) is 43.7 Å². The molecule has 0 bridgehead atoms. The van der Waals surface area contributed by atoms with E-state index in [0.717, 1.165) is 68.8 Å². The Labute approximate surface area is 161 Å².